The van der Waals surface area contributed by atoms with E-state index < -0.39 is 30.3 Å². The van der Waals surface area contributed by atoms with Crippen molar-refractivity contribution >= 4 is 35.4 Å². The maximum absolute atomic E-state index is 13.4. The van der Waals surface area contributed by atoms with E-state index in [1.807, 2.05) is 54.6 Å². The molecule has 3 aromatic carbocycles. The molecule has 41 heavy (non-hydrogen) atoms. The van der Waals surface area contributed by atoms with Gasteiger partial charge in [0, 0.05) is 29.5 Å². The van der Waals surface area contributed by atoms with E-state index in [1.54, 1.807) is 31.2 Å². The Morgan fingerprint density at radius 3 is 2.27 bits per heavy atom. The molecule has 0 spiro atoms. The molecule has 1 atom stereocenters. The Kier molecular flexibility index (Phi) is 9.92. The van der Waals surface area contributed by atoms with Crippen LogP contribution in [0, 0.1) is 0 Å². The number of carboxylic acids is 1. The van der Waals surface area contributed by atoms with Crippen LogP contribution in [0.5, 0.6) is 0 Å². The number of halogens is 1. The summed E-state index contributed by atoms with van der Waals surface area (Å²) in [5.41, 5.74) is 3.71. The minimum atomic E-state index is -1.18. The molecule has 1 aliphatic rings. The first-order valence-corrected chi connectivity index (χ1v) is 13.5. The standard InChI is InChI=1S/C32H30ClNO7/c1-21-31(27(25-11-13-26(33)14-12-25)17-28(35)34(21)18-29(36)37)32(39)41-20-24-9-5-8-22(16-24)10-15-30(38)40-19-23-6-3-2-4-7-23/h2-9,11-14,16,27H,10,15,17-20H2,1H3,(H,36,37). The molecule has 4 rings (SSSR count). The van der Waals surface area contributed by atoms with E-state index >= 15 is 0 Å². The molecule has 0 fully saturated rings. The molecule has 0 saturated heterocycles. The fourth-order valence-electron chi connectivity index (χ4n) is 4.74. The number of allylic oxidation sites excluding steroid dienone is 1. The van der Waals surface area contributed by atoms with Gasteiger partial charge in [-0.15, -0.1) is 0 Å². The lowest BCUT2D eigenvalue weighted by atomic mass is 9.83. The fourth-order valence-corrected chi connectivity index (χ4v) is 4.87. The van der Waals surface area contributed by atoms with Crippen molar-refractivity contribution in [2.75, 3.05) is 6.54 Å². The van der Waals surface area contributed by atoms with Crippen LogP contribution in [0.2, 0.25) is 5.02 Å². The van der Waals surface area contributed by atoms with Crippen LogP contribution in [-0.4, -0.2) is 40.4 Å². The number of nitrogens with zero attached hydrogens (tertiary/aromatic N) is 1. The summed E-state index contributed by atoms with van der Waals surface area (Å²) < 4.78 is 11.0. The van der Waals surface area contributed by atoms with Gasteiger partial charge in [0.15, 0.2) is 0 Å². The van der Waals surface area contributed by atoms with Crippen LogP contribution in [0.4, 0.5) is 0 Å². The summed E-state index contributed by atoms with van der Waals surface area (Å²) >= 11 is 6.03. The lowest BCUT2D eigenvalue weighted by Gasteiger charge is -2.33. The second kappa shape index (κ2) is 13.8. The molecule has 9 heteroatoms. The highest BCUT2D eigenvalue weighted by Gasteiger charge is 2.37. The number of benzene rings is 3. The number of aryl methyl sites for hydroxylation is 1. The molecule has 0 aliphatic carbocycles. The zero-order chi connectivity index (χ0) is 29.4. The Bertz CT molecular complexity index is 1450. The van der Waals surface area contributed by atoms with Crippen LogP contribution >= 0.6 is 11.6 Å². The molecule has 212 valence electrons. The van der Waals surface area contributed by atoms with Crippen molar-refractivity contribution in [3.05, 3.63) is 117 Å². The highest BCUT2D eigenvalue weighted by Crippen LogP contribution is 2.37. The average molecular weight is 576 g/mol. The van der Waals surface area contributed by atoms with Gasteiger partial charge in [-0.3, -0.25) is 14.4 Å². The van der Waals surface area contributed by atoms with E-state index in [0.29, 0.717) is 17.0 Å². The average Bonchev–Trinajstić information content (AvgIpc) is 2.96. The van der Waals surface area contributed by atoms with Crippen molar-refractivity contribution in [3.8, 4) is 0 Å². The van der Waals surface area contributed by atoms with E-state index in [4.69, 9.17) is 21.1 Å². The molecular formula is C32H30ClNO7. The van der Waals surface area contributed by atoms with Gasteiger partial charge in [-0.25, -0.2) is 4.79 Å². The molecule has 0 radical (unpaired) electrons. The molecule has 8 nitrogen and oxygen atoms in total. The summed E-state index contributed by atoms with van der Waals surface area (Å²) in [5.74, 6) is -3.13. The summed E-state index contributed by atoms with van der Waals surface area (Å²) in [6.45, 7) is 1.18. The zero-order valence-electron chi connectivity index (χ0n) is 22.5. The Hall–Kier alpha value is -4.43. The summed E-state index contributed by atoms with van der Waals surface area (Å²) in [7, 11) is 0. The van der Waals surface area contributed by atoms with Crippen LogP contribution in [0.3, 0.4) is 0 Å². The fraction of sp³-hybridized carbons (Fsp3) is 0.250. The minimum absolute atomic E-state index is 0.0396. The maximum Gasteiger partial charge on any atom is 0.336 e. The van der Waals surface area contributed by atoms with Crippen LogP contribution in [0.15, 0.2) is 90.1 Å². The van der Waals surface area contributed by atoms with Gasteiger partial charge in [0.05, 0.1) is 5.57 Å². The summed E-state index contributed by atoms with van der Waals surface area (Å²) in [6.07, 6.45) is 0.593. The van der Waals surface area contributed by atoms with Crippen molar-refractivity contribution in [3.63, 3.8) is 0 Å². The Morgan fingerprint density at radius 1 is 0.902 bits per heavy atom. The molecule has 3 aromatic rings. The first kappa shape index (κ1) is 29.6. The number of carboxylic acid groups (broad SMARTS) is 1. The quantitative estimate of drug-likeness (QED) is 0.303. The van der Waals surface area contributed by atoms with Crippen LogP contribution in [0.25, 0.3) is 0 Å². The minimum Gasteiger partial charge on any atom is -0.480 e. The molecule has 1 heterocycles. The van der Waals surface area contributed by atoms with Gasteiger partial charge >= 0.3 is 17.9 Å². The van der Waals surface area contributed by atoms with Gasteiger partial charge in [0.2, 0.25) is 5.91 Å². The van der Waals surface area contributed by atoms with Gasteiger partial charge in [-0.1, -0.05) is 78.3 Å². The number of carbonyl (C=O) groups excluding carboxylic acids is 3. The summed E-state index contributed by atoms with van der Waals surface area (Å²) in [6, 6.07) is 23.6. The number of amides is 1. The van der Waals surface area contributed by atoms with Crippen molar-refractivity contribution in [2.45, 2.75) is 45.3 Å². The first-order chi connectivity index (χ1) is 19.7. The van der Waals surface area contributed by atoms with E-state index in [-0.39, 0.29) is 43.3 Å². The third-order valence-electron chi connectivity index (χ3n) is 6.83. The van der Waals surface area contributed by atoms with E-state index in [0.717, 1.165) is 21.6 Å². The number of esters is 2. The number of rotatable bonds is 11. The normalized spacial score (nSPS) is 15.0. The topological polar surface area (TPSA) is 110 Å². The second-order valence-electron chi connectivity index (χ2n) is 9.72. The van der Waals surface area contributed by atoms with Crippen molar-refractivity contribution in [2.24, 2.45) is 0 Å². The predicted octanol–water partition coefficient (Wildman–Crippen LogP) is 5.43. The third kappa shape index (κ3) is 8.05. The monoisotopic (exact) mass is 575 g/mol. The zero-order valence-corrected chi connectivity index (χ0v) is 23.3. The van der Waals surface area contributed by atoms with E-state index in [2.05, 4.69) is 0 Å². The van der Waals surface area contributed by atoms with Crippen LogP contribution < -0.4 is 0 Å². The number of carbonyl (C=O) groups is 4. The molecular weight excluding hydrogens is 546 g/mol. The van der Waals surface area contributed by atoms with Gasteiger partial charge in [-0.2, -0.15) is 0 Å². The summed E-state index contributed by atoms with van der Waals surface area (Å²) in [4.78, 5) is 50.9. The SMILES string of the molecule is CC1=C(C(=O)OCc2cccc(CCC(=O)OCc3ccccc3)c2)C(c2ccc(Cl)cc2)CC(=O)N1CC(=O)O. The summed E-state index contributed by atoms with van der Waals surface area (Å²) in [5, 5.41) is 9.81. The van der Waals surface area contributed by atoms with E-state index in [9.17, 15) is 24.3 Å². The smallest absolute Gasteiger partial charge is 0.336 e. The lowest BCUT2D eigenvalue weighted by Crippen LogP contribution is -2.41. The highest BCUT2D eigenvalue weighted by atomic mass is 35.5. The molecule has 0 aromatic heterocycles. The Balaban J connectivity index is 1.42. The van der Waals surface area contributed by atoms with Crippen LogP contribution in [-0.2, 0) is 48.3 Å². The third-order valence-corrected chi connectivity index (χ3v) is 7.08. The Morgan fingerprint density at radius 2 is 1.56 bits per heavy atom. The van der Waals surface area contributed by atoms with Gasteiger partial charge < -0.3 is 19.5 Å². The molecule has 1 aliphatic heterocycles. The predicted molar refractivity (Wildman–Crippen MR) is 152 cm³/mol. The van der Waals surface area contributed by atoms with Crippen molar-refractivity contribution < 1.29 is 33.8 Å². The lowest BCUT2D eigenvalue weighted by molar-refractivity contribution is -0.145. The van der Waals surface area contributed by atoms with Crippen LogP contribution in [0.1, 0.15) is 47.9 Å². The van der Waals surface area contributed by atoms with Crippen molar-refractivity contribution in [1.29, 1.82) is 0 Å². The molecule has 0 bridgehead atoms. The van der Waals surface area contributed by atoms with Crippen molar-refractivity contribution in [1.82, 2.24) is 4.90 Å². The Labute approximate surface area is 243 Å². The largest absolute Gasteiger partial charge is 0.480 e. The molecule has 1 unspecified atom stereocenters. The molecule has 0 saturated carbocycles. The number of hydrogen-bond donors (Lipinski definition) is 1. The van der Waals surface area contributed by atoms with Gasteiger partial charge in [-0.05, 0) is 47.7 Å². The first-order valence-electron chi connectivity index (χ1n) is 13.1. The number of ether oxygens (including phenoxy) is 2. The molecule has 1 N–H and O–H groups in total. The van der Waals surface area contributed by atoms with Gasteiger partial charge in [0.1, 0.15) is 19.8 Å². The second-order valence-corrected chi connectivity index (χ2v) is 10.2. The maximum atomic E-state index is 13.4. The molecule has 1 amide bonds. The number of hydrogen-bond acceptors (Lipinski definition) is 6. The van der Waals surface area contributed by atoms with Gasteiger partial charge in [0.25, 0.3) is 0 Å². The number of aliphatic carboxylic acids is 1. The van der Waals surface area contributed by atoms with E-state index in [1.165, 1.54) is 0 Å². The highest BCUT2D eigenvalue weighted by molar-refractivity contribution is 6.30.